The number of amides is 1. The number of carbonyl (C=O) groups is 1. The number of aromatic amines is 2. The lowest BCUT2D eigenvalue weighted by Gasteiger charge is -2.28. The Kier molecular flexibility index (Phi) is 4.75. The van der Waals surface area contributed by atoms with Crippen LogP contribution in [0.4, 0.5) is 5.69 Å². The molecular weight excluding hydrogens is 392 g/mol. The van der Waals surface area contributed by atoms with E-state index in [0.29, 0.717) is 29.7 Å². The monoisotopic (exact) mass is 412 g/mol. The topological polar surface area (TPSA) is 115 Å². The average Bonchev–Trinajstić information content (AvgIpc) is 3.07. The van der Waals surface area contributed by atoms with E-state index in [0.717, 1.165) is 18.4 Å². The lowest BCUT2D eigenvalue weighted by molar-refractivity contribution is 0.0745. The van der Waals surface area contributed by atoms with Crippen LogP contribution in [0.1, 0.15) is 23.2 Å². The van der Waals surface area contributed by atoms with Gasteiger partial charge in [0, 0.05) is 13.1 Å². The van der Waals surface area contributed by atoms with E-state index in [1.165, 1.54) is 18.2 Å². The molecule has 0 atom stereocenters. The predicted octanol–water partition coefficient (Wildman–Crippen LogP) is 2.45. The van der Waals surface area contributed by atoms with Crippen molar-refractivity contribution < 1.29 is 13.2 Å². The number of sulfonamides is 1. The highest BCUT2D eigenvalue weighted by molar-refractivity contribution is 7.92. The van der Waals surface area contributed by atoms with Crippen LogP contribution in [0, 0.1) is 0 Å². The van der Waals surface area contributed by atoms with Crippen LogP contribution in [0.15, 0.2) is 64.3 Å². The van der Waals surface area contributed by atoms with Gasteiger partial charge < -0.3 is 14.9 Å². The molecule has 1 aliphatic heterocycles. The Hall–Kier alpha value is -3.33. The van der Waals surface area contributed by atoms with Crippen LogP contribution in [0.3, 0.4) is 0 Å². The van der Waals surface area contributed by atoms with Crippen molar-refractivity contribution >= 4 is 32.7 Å². The standard InChI is InChI=1S/C20H20N4O4S/c1-13-8-10-24(11-9-13)19(25)15-4-2-3-5-16(15)23-29(27,28)14-6-7-17-18(12-14)22-20(26)21-17/h2-7,12,23H,1,8-11H2,(H2,21,22,26). The Bertz CT molecular complexity index is 1260. The first-order chi connectivity index (χ1) is 13.8. The second kappa shape index (κ2) is 7.25. The third kappa shape index (κ3) is 3.81. The summed E-state index contributed by atoms with van der Waals surface area (Å²) in [6, 6.07) is 10.8. The summed E-state index contributed by atoms with van der Waals surface area (Å²) in [5.41, 5.74) is 2.10. The second-order valence-corrected chi connectivity index (χ2v) is 8.66. The molecule has 8 nitrogen and oxygen atoms in total. The maximum Gasteiger partial charge on any atom is 0.323 e. The minimum Gasteiger partial charge on any atom is -0.338 e. The molecule has 1 saturated heterocycles. The number of rotatable bonds is 4. The number of hydrogen-bond acceptors (Lipinski definition) is 4. The van der Waals surface area contributed by atoms with Gasteiger partial charge in [-0.15, -0.1) is 0 Å². The van der Waals surface area contributed by atoms with Gasteiger partial charge in [-0.1, -0.05) is 24.3 Å². The molecule has 4 rings (SSSR count). The number of nitrogens with zero attached hydrogens (tertiary/aromatic N) is 1. The normalized spacial score (nSPS) is 14.9. The summed E-state index contributed by atoms with van der Waals surface area (Å²) in [6.07, 6.45) is 1.49. The van der Waals surface area contributed by atoms with Crippen molar-refractivity contribution in [3.8, 4) is 0 Å². The molecule has 150 valence electrons. The van der Waals surface area contributed by atoms with Gasteiger partial charge in [0.1, 0.15) is 0 Å². The Morgan fingerprint density at radius 2 is 1.72 bits per heavy atom. The number of fused-ring (bicyclic) bond motifs is 1. The molecule has 2 aromatic carbocycles. The number of para-hydroxylation sites is 1. The minimum atomic E-state index is -3.96. The van der Waals surface area contributed by atoms with Gasteiger partial charge in [-0.2, -0.15) is 0 Å². The minimum absolute atomic E-state index is 0.0169. The quantitative estimate of drug-likeness (QED) is 0.571. The van der Waals surface area contributed by atoms with Gasteiger partial charge in [0.25, 0.3) is 15.9 Å². The summed E-state index contributed by atoms with van der Waals surface area (Å²) in [5, 5.41) is 0. The SMILES string of the molecule is C=C1CCN(C(=O)c2ccccc2NS(=O)(=O)c2ccc3[nH]c(=O)[nH]c3c2)CC1. The van der Waals surface area contributed by atoms with Gasteiger partial charge >= 0.3 is 5.69 Å². The molecule has 9 heteroatoms. The van der Waals surface area contributed by atoms with Crippen LogP contribution >= 0.6 is 0 Å². The fraction of sp³-hybridized carbons (Fsp3) is 0.200. The van der Waals surface area contributed by atoms with E-state index >= 15 is 0 Å². The number of benzene rings is 2. The first-order valence-electron chi connectivity index (χ1n) is 9.13. The average molecular weight is 412 g/mol. The van der Waals surface area contributed by atoms with Crippen LogP contribution in [0.2, 0.25) is 0 Å². The van der Waals surface area contributed by atoms with E-state index in [4.69, 9.17) is 0 Å². The molecule has 3 N–H and O–H groups in total. The van der Waals surface area contributed by atoms with Gasteiger partial charge in [-0.05, 0) is 43.2 Å². The molecular formula is C20H20N4O4S. The second-order valence-electron chi connectivity index (χ2n) is 6.98. The number of imidazole rings is 1. The van der Waals surface area contributed by atoms with Crippen molar-refractivity contribution in [2.24, 2.45) is 0 Å². The van der Waals surface area contributed by atoms with Gasteiger partial charge in [0.15, 0.2) is 0 Å². The van der Waals surface area contributed by atoms with Gasteiger partial charge in [0.05, 0.1) is 27.2 Å². The number of anilines is 1. The van der Waals surface area contributed by atoms with Gasteiger partial charge in [0.2, 0.25) is 0 Å². The molecule has 2 heterocycles. The first-order valence-corrected chi connectivity index (χ1v) is 10.6. The van der Waals surface area contributed by atoms with Crippen molar-refractivity contribution in [1.29, 1.82) is 0 Å². The molecule has 3 aromatic rings. The fourth-order valence-corrected chi connectivity index (χ4v) is 4.44. The number of piperidine rings is 1. The predicted molar refractivity (Wildman–Crippen MR) is 110 cm³/mol. The number of H-pyrrole nitrogens is 2. The zero-order valence-corrected chi connectivity index (χ0v) is 16.4. The molecule has 1 aromatic heterocycles. The summed E-state index contributed by atoms with van der Waals surface area (Å²) in [7, 11) is -3.96. The molecule has 29 heavy (non-hydrogen) atoms. The molecule has 1 aliphatic rings. The molecule has 0 radical (unpaired) electrons. The van der Waals surface area contributed by atoms with Crippen molar-refractivity contribution in [2.45, 2.75) is 17.7 Å². The van der Waals surface area contributed by atoms with E-state index in [2.05, 4.69) is 21.3 Å². The van der Waals surface area contributed by atoms with E-state index in [9.17, 15) is 18.0 Å². The van der Waals surface area contributed by atoms with Crippen molar-refractivity contribution in [1.82, 2.24) is 14.9 Å². The third-order valence-electron chi connectivity index (χ3n) is 4.96. The van der Waals surface area contributed by atoms with Crippen LogP contribution in [0.5, 0.6) is 0 Å². The summed E-state index contributed by atoms with van der Waals surface area (Å²) in [5.74, 6) is -0.221. The number of likely N-dealkylation sites (tertiary alicyclic amines) is 1. The zero-order valence-electron chi connectivity index (χ0n) is 15.6. The highest BCUT2D eigenvalue weighted by Gasteiger charge is 2.24. The molecule has 0 bridgehead atoms. The van der Waals surface area contributed by atoms with Crippen LogP contribution in [-0.2, 0) is 10.0 Å². The lowest BCUT2D eigenvalue weighted by atomic mass is 10.0. The van der Waals surface area contributed by atoms with E-state index in [1.807, 2.05) is 0 Å². The van der Waals surface area contributed by atoms with Crippen LogP contribution in [-0.4, -0.2) is 42.3 Å². The summed E-state index contributed by atoms with van der Waals surface area (Å²) < 4.78 is 28.3. The number of aromatic nitrogens is 2. The van der Waals surface area contributed by atoms with Gasteiger partial charge in [-0.25, -0.2) is 13.2 Å². The maximum absolute atomic E-state index is 12.9. The first kappa shape index (κ1) is 19.0. The van der Waals surface area contributed by atoms with Crippen molar-refractivity contribution in [3.05, 3.63) is 70.7 Å². The Morgan fingerprint density at radius 1 is 1.03 bits per heavy atom. The molecule has 1 amide bonds. The smallest absolute Gasteiger partial charge is 0.323 e. The molecule has 0 aliphatic carbocycles. The highest BCUT2D eigenvalue weighted by atomic mass is 32.2. The number of carbonyl (C=O) groups excluding carboxylic acids is 1. The largest absolute Gasteiger partial charge is 0.338 e. The van der Waals surface area contributed by atoms with Crippen LogP contribution in [0.25, 0.3) is 11.0 Å². The molecule has 0 unspecified atom stereocenters. The van der Waals surface area contributed by atoms with Crippen molar-refractivity contribution in [2.75, 3.05) is 17.8 Å². The zero-order chi connectivity index (χ0) is 20.6. The molecule has 1 fully saturated rings. The molecule has 0 spiro atoms. The number of nitrogens with one attached hydrogen (secondary N) is 3. The Morgan fingerprint density at radius 3 is 2.48 bits per heavy atom. The van der Waals surface area contributed by atoms with E-state index in [1.54, 1.807) is 29.2 Å². The Balaban J connectivity index is 1.64. The van der Waals surface area contributed by atoms with Crippen LogP contribution < -0.4 is 10.4 Å². The highest BCUT2D eigenvalue weighted by Crippen LogP contribution is 2.24. The van der Waals surface area contributed by atoms with E-state index in [-0.39, 0.29) is 16.5 Å². The summed E-state index contributed by atoms with van der Waals surface area (Å²) in [4.78, 5) is 31.1. The summed E-state index contributed by atoms with van der Waals surface area (Å²) >= 11 is 0. The Labute approximate surface area is 167 Å². The lowest BCUT2D eigenvalue weighted by Crippen LogP contribution is -2.36. The maximum atomic E-state index is 12.9. The van der Waals surface area contributed by atoms with Crippen molar-refractivity contribution in [3.63, 3.8) is 0 Å². The molecule has 0 saturated carbocycles. The third-order valence-corrected chi connectivity index (χ3v) is 6.32. The van der Waals surface area contributed by atoms with E-state index < -0.39 is 15.7 Å². The van der Waals surface area contributed by atoms with Gasteiger partial charge in [-0.3, -0.25) is 9.52 Å². The fourth-order valence-electron chi connectivity index (χ4n) is 3.34. The summed E-state index contributed by atoms with van der Waals surface area (Å²) in [6.45, 7) is 5.08. The number of hydrogen-bond donors (Lipinski definition) is 3.